The second-order valence-corrected chi connectivity index (χ2v) is 7.08. The summed E-state index contributed by atoms with van der Waals surface area (Å²) in [6.45, 7) is 1.44. The van der Waals surface area contributed by atoms with Gasteiger partial charge in [-0.1, -0.05) is 48.5 Å². The Morgan fingerprint density at radius 2 is 1.71 bits per heavy atom. The molecule has 2 aromatic carbocycles. The van der Waals surface area contributed by atoms with Gasteiger partial charge in [0.15, 0.2) is 0 Å². The number of amides is 1. The van der Waals surface area contributed by atoms with Crippen LogP contribution in [0, 0.1) is 0 Å². The highest BCUT2D eigenvalue weighted by Crippen LogP contribution is 2.52. The quantitative estimate of drug-likeness (QED) is 0.729. The molecule has 0 aliphatic carbocycles. The lowest BCUT2D eigenvalue weighted by Gasteiger charge is -2.35. The van der Waals surface area contributed by atoms with Crippen molar-refractivity contribution < 1.29 is 28.6 Å². The topological polar surface area (TPSA) is 117 Å². The summed E-state index contributed by atoms with van der Waals surface area (Å²) in [5.41, 5.74) is 5.44. The number of carbonyl (C=O) groups excluding carboxylic acids is 3. The van der Waals surface area contributed by atoms with Crippen LogP contribution in [0.3, 0.4) is 0 Å². The molecule has 0 saturated carbocycles. The summed E-state index contributed by atoms with van der Waals surface area (Å²) >= 11 is 0. The van der Waals surface area contributed by atoms with Crippen LogP contribution >= 0.6 is 0 Å². The van der Waals surface area contributed by atoms with E-state index >= 15 is 0 Å². The molecule has 0 bridgehead atoms. The minimum Gasteiger partial charge on any atom is -0.466 e. The van der Waals surface area contributed by atoms with Crippen LogP contribution in [0.1, 0.15) is 18.1 Å². The molecule has 3 N–H and O–H groups in total. The van der Waals surface area contributed by atoms with Gasteiger partial charge in [-0.3, -0.25) is 4.79 Å². The van der Waals surface area contributed by atoms with E-state index < -0.39 is 23.3 Å². The number of ether oxygens (including phenoxy) is 3. The predicted octanol–water partition coefficient (Wildman–Crippen LogP) is 2.27. The number of allylic oxidation sites excluding steroid dienone is 1. The molecular weight excluding hydrogens is 400 g/mol. The number of anilines is 1. The lowest BCUT2D eigenvalue weighted by molar-refractivity contribution is -0.143. The van der Waals surface area contributed by atoms with Crippen molar-refractivity contribution in [3.63, 3.8) is 0 Å². The molecule has 4 rings (SSSR count). The highest BCUT2D eigenvalue weighted by Gasteiger charge is 2.61. The van der Waals surface area contributed by atoms with E-state index in [-0.39, 0.29) is 29.4 Å². The highest BCUT2D eigenvalue weighted by molar-refractivity contribution is 6.21. The Kier molecular flexibility index (Phi) is 4.98. The fourth-order valence-corrected chi connectivity index (χ4v) is 4.04. The molecule has 0 radical (unpaired) electrons. The van der Waals surface area contributed by atoms with E-state index in [1.54, 1.807) is 36.4 Å². The van der Waals surface area contributed by atoms with E-state index in [2.05, 4.69) is 5.32 Å². The predicted molar refractivity (Wildman–Crippen MR) is 110 cm³/mol. The third kappa shape index (κ3) is 3.04. The first-order valence-electron chi connectivity index (χ1n) is 9.51. The van der Waals surface area contributed by atoms with Crippen LogP contribution in [0.25, 0.3) is 0 Å². The van der Waals surface area contributed by atoms with Gasteiger partial charge in [0, 0.05) is 11.3 Å². The number of methoxy groups -OCH3 is 1. The maximum atomic E-state index is 13.4. The second-order valence-electron chi connectivity index (χ2n) is 7.08. The van der Waals surface area contributed by atoms with Gasteiger partial charge in [0.05, 0.1) is 7.11 Å². The average molecular weight is 420 g/mol. The molecule has 2 heterocycles. The van der Waals surface area contributed by atoms with Gasteiger partial charge in [-0.05, 0) is 18.6 Å². The number of esters is 2. The Labute approximate surface area is 178 Å². The third-order valence-electron chi connectivity index (χ3n) is 5.34. The number of hydrogen-bond donors (Lipinski definition) is 2. The molecule has 8 heteroatoms. The van der Waals surface area contributed by atoms with Gasteiger partial charge in [-0.2, -0.15) is 0 Å². The molecule has 0 aromatic heterocycles. The minimum absolute atomic E-state index is 0.0496. The van der Waals surface area contributed by atoms with Crippen LogP contribution in [-0.4, -0.2) is 25.0 Å². The lowest BCUT2D eigenvalue weighted by atomic mass is 9.67. The number of hydrogen-bond acceptors (Lipinski definition) is 7. The Balaban J connectivity index is 1.87. The smallest absolute Gasteiger partial charge is 0.341 e. The van der Waals surface area contributed by atoms with E-state index in [9.17, 15) is 14.4 Å². The maximum Gasteiger partial charge on any atom is 0.341 e. The molecule has 31 heavy (non-hydrogen) atoms. The van der Waals surface area contributed by atoms with E-state index in [1.807, 2.05) is 18.2 Å². The van der Waals surface area contributed by atoms with Crippen LogP contribution in [0.2, 0.25) is 0 Å². The average Bonchev–Trinajstić information content (AvgIpc) is 3.04. The van der Waals surface area contributed by atoms with Gasteiger partial charge in [0.2, 0.25) is 11.8 Å². The molecule has 158 valence electrons. The number of para-hydroxylation sites is 1. The molecule has 0 saturated heterocycles. The van der Waals surface area contributed by atoms with Crippen molar-refractivity contribution in [2.75, 3.05) is 12.4 Å². The van der Waals surface area contributed by atoms with Crippen molar-refractivity contribution in [2.45, 2.75) is 18.9 Å². The molecule has 8 nitrogen and oxygen atoms in total. The normalized spacial score (nSPS) is 19.6. The summed E-state index contributed by atoms with van der Waals surface area (Å²) < 4.78 is 15.9. The van der Waals surface area contributed by atoms with Crippen molar-refractivity contribution in [2.24, 2.45) is 5.73 Å². The fourth-order valence-electron chi connectivity index (χ4n) is 4.04. The Bertz CT molecular complexity index is 1150. The Hall–Kier alpha value is -4.07. The van der Waals surface area contributed by atoms with Crippen LogP contribution in [0.5, 0.6) is 0 Å². The SMILES string of the molecule is COC(=O)C1=C(C)OC(N)=C(C(=O)OCc2ccccc2)C12C(=O)Nc1ccccc12. The first-order valence-corrected chi connectivity index (χ1v) is 9.51. The largest absolute Gasteiger partial charge is 0.466 e. The molecule has 2 aliphatic rings. The van der Waals surface area contributed by atoms with Crippen LogP contribution in [0.15, 0.2) is 77.4 Å². The van der Waals surface area contributed by atoms with Crippen molar-refractivity contribution in [1.29, 1.82) is 0 Å². The minimum atomic E-state index is -1.86. The Morgan fingerprint density at radius 1 is 1.03 bits per heavy atom. The summed E-state index contributed by atoms with van der Waals surface area (Å²) in [6, 6.07) is 15.8. The highest BCUT2D eigenvalue weighted by atomic mass is 16.5. The molecule has 1 atom stereocenters. The summed E-state index contributed by atoms with van der Waals surface area (Å²) in [5, 5.41) is 2.73. The number of nitrogens with two attached hydrogens (primary N) is 1. The monoisotopic (exact) mass is 420 g/mol. The number of benzene rings is 2. The van der Waals surface area contributed by atoms with E-state index in [0.29, 0.717) is 11.3 Å². The second kappa shape index (κ2) is 7.64. The molecular formula is C23H20N2O6. The van der Waals surface area contributed by atoms with E-state index in [4.69, 9.17) is 19.9 Å². The Morgan fingerprint density at radius 3 is 2.42 bits per heavy atom. The van der Waals surface area contributed by atoms with Gasteiger partial charge in [0.25, 0.3) is 0 Å². The van der Waals surface area contributed by atoms with Crippen molar-refractivity contribution >= 4 is 23.5 Å². The fraction of sp³-hybridized carbons (Fsp3) is 0.174. The molecule has 2 aliphatic heterocycles. The van der Waals surface area contributed by atoms with Gasteiger partial charge in [0.1, 0.15) is 28.9 Å². The molecule has 1 spiro atoms. The summed E-state index contributed by atoms with van der Waals surface area (Å²) in [6.07, 6.45) is 0. The third-order valence-corrected chi connectivity index (χ3v) is 5.34. The van der Waals surface area contributed by atoms with E-state index in [0.717, 1.165) is 5.56 Å². The number of rotatable bonds is 4. The van der Waals surface area contributed by atoms with Crippen LogP contribution in [-0.2, 0) is 40.6 Å². The molecule has 2 aromatic rings. The first kappa shape index (κ1) is 20.2. The van der Waals surface area contributed by atoms with Crippen LogP contribution < -0.4 is 11.1 Å². The van der Waals surface area contributed by atoms with E-state index in [1.165, 1.54) is 14.0 Å². The summed E-state index contributed by atoms with van der Waals surface area (Å²) in [5.74, 6) is -2.55. The first-order chi connectivity index (χ1) is 14.9. The molecule has 1 unspecified atom stereocenters. The van der Waals surface area contributed by atoms with Crippen molar-refractivity contribution in [3.8, 4) is 0 Å². The van der Waals surface area contributed by atoms with Gasteiger partial charge >= 0.3 is 11.9 Å². The zero-order valence-electron chi connectivity index (χ0n) is 16.9. The van der Waals surface area contributed by atoms with Crippen molar-refractivity contribution in [1.82, 2.24) is 0 Å². The summed E-state index contributed by atoms with van der Waals surface area (Å²) in [4.78, 5) is 39.5. The maximum absolute atomic E-state index is 13.4. The van der Waals surface area contributed by atoms with Gasteiger partial charge in [-0.25, -0.2) is 9.59 Å². The molecule has 1 amide bonds. The van der Waals surface area contributed by atoms with Crippen molar-refractivity contribution in [3.05, 3.63) is 88.5 Å². The lowest BCUT2D eigenvalue weighted by Crippen LogP contribution is -2.48. The standard InChI is InChI=1S/C23H20N2O6/c1-13-17(20(26)29-2)23(15-10-6-7-11-16(15)25-22(23)28)18(19(24)31-13)21(27)30-12-14-8-4-3-5-9-14/h3-11H,12,24H2,1-2H3,(H,25,28). The van der Waals surface area contributed by atoms with Gasteiger partial charge in [-0.15, -0.1) is 0 Å². The van der Waals surface area contributed by atoms with Crippen LogP contribution in [0.4, 0.5) is 5.69 Å². The molecule has 0 fully saturated rings. The zero-order chi connectivity index (χ0) is 22.2. The summed E-state index contributed by atoms with van der Waals surface area (Å²) in [7, 11) is 1.18. The number of carbonyl (C=O) groups is 3. The number of nitrogens with one attached hydrogen (secondary N) is 1. The number of fused-ring (bicyclic) bond motifs is 2. The zero-order valence-corrected chi connectivity index (χ0v) is 16.9. The van der Waals surface area contributed by atoms with Gasteiger partial charge < -0.3 is 25.3 Å².